The molecule has 500 valence electrons. The van der Waals surface area contributed by atoms with Crippen LogP contribution >= 0.6 is 0 Å². The highest BCUT2D eigenvalue weighted by Crippen LogP contribution is 2.20. The molecule has 6 heteroatoms. The standard InChI is InChI=1S/C78H153NO5/c1-3-5-7-9-11-13-15-17-43-48-52-56-60-64-68-72-78(83)84-73-69-65-61-57-53-49-45-42-40-38-36-34-32-30-28-26-24-22-20-18-19-21-23-25-27-29-31-33-35-37-39-41-44-47-51-55-59-63-67-71-77(82)79-75(74-80)76(81)70-66-62-58-54-50-46-16-14-12-10-8-6-4-2/h17,43,75-76,80-81H,3-16,18-42,44-74H2,1-2H3,(H,79,82)/b43-17-. The Bertz CT molecular complexity index is 1270. The van der Waals surface area contributed by atoms with Gasteiger partial charge in [0.1, 0.15) is 0 Å². The van der Waals surface area contributed by atoms with Crippen molar-refractivity contribution in [2.75, 3.05) is 13.2 Å². The number of esters is 1. The number of carbonyl (C=O) groups excluding carboxylic acids is 2. The summed E-state index contributed by atoms with van der Waals surface area (Å²) in [5, 5.41) is 23.3. The highest BCUT2D eigenvalue weighted by atomic mass is 16.5. The van der Waals surface area contributed by atoms with Crippen LogP contribution in [0.2, 0.25) is 0 Å². The first-order chi connectivity index (χ1) is 41.5. The number of hydrogen-bond acceptors (Lipinski definition) is 5. The van der Waals surface area contributed by atoms with Crippen molar-refractivity contribution >= 4 is 11.9 Å². The molecular weight excluding hydrogens is 1030 g/mol. The fraction of sp³-hybridized carbons (Fsp3) is 0.949. The largest absolute Gasteiger partial charge is 0.466 e. The Morgan fingerprint density at radius 1 is 0.321 bits per heavy atom. The van der Waals surface area contributed by atoms with E-state index in [0.717, 1.165) is 44.9 Å². The number of unbranched alkanes of at least 4 members (excludes halogenated alkanes) is 61. The van der Waals surface area contributed by atoms with Gasteiger partial charge in [-0.1, -0.05) is 398 Å². The molecule has 0 spiro atoms. The topological polar surface area (TPSA) is 95.9 Å². The molecule has 0 fully saturated rings. The second-order valence-corrected chi connectivity index (χ2v) is 27.0. The smallest absolute Gasteiger partial charge is 0.305 e. The average Bonchev–Trinajstić information content (AvgIpc) is 3.54. The van der Waals surface area contributed by atoms with Crippen LogP contribution in [0.4, 0.5) is 0 Å². The van der Waals surface area contributed by atoms with E-state index in [-0.39, 0.29) is 18.5 Å². The van der Waals surface area contributed by atoms with Gasteiger partial charge in [0.15, 0.2) is 0 Å². The van der Waals surface area contributed by atoms with Crippen LogP contribution in [0.25, 0.3) is 0 Å². The van der Waals surface area contributed by atoms with Crippen molar-refractivity contribution in [2.45, 2.75) is 463 Å². The number of rotatable bonds is 74. The van der Waals surface area contributed by atoms with Gasteiger partial charge < -0.3 is 20.3 Å². The van der Waals surface area contributed by atoms with Crippen LogP contribution in [0.15, 0.2) is 12.2 Å². The summed E-state index contributed by atoms with van der Waals surface area (Å²) in [6.07, 6.45) is 93.2. The van der Waals surface area contributed by atoms with Crippen molar-refractivity contribution in [3.63, 3.8) is 0 Å². The van der Waals surface area contributed by atoms with Gasteiger partial charge in [-0.3, -0.25) is 9.59 Å². The molecule has 6 nitrogen and oxygen atoms in total. The first kappa shape index (κ1) is 82.6. The molecule has 2 unspecified atom stereocenters. The molecule has 0 aromatic carbocycles. The van der Waals surface area contributed by atoms with E-state index in [1.54, 1.807) is 0 Å². The molecule has 0 rings (SSSR count). The number of carbonyl (C=O) groups is 2. The molecule has 0 bridgehead atoms. The highest BCUT2D eigenvalue weighted by molar-refractivity contribution is 5.76. The third kappa shape index (κ3) is 69.7. The van der Waals surface area contributed by atoms with E-state index in [0.29, 0.717) is 25.9 Å². The monoisotopic (exact) mass is 1180 g/mol. The van der Waals surface area contributed by atoms with Crippen molar-refractivity contribution in [1.82, 2.24) is 5.32 Å². The lowest BCUT2D eigenvalue weighted by molar-refractivity contribution is -0.143. The molecule has 1 amide bonds. The number of hydrogen-bond donors (Lipinski definition) is 3. The lowest BCUT2D eigenvalue weighted by Gasteiger charge is -2.22. The number of aliphatic hydroxyl groups excluding tert-OH is 2. The highest BCUT2D eigenvalue weighted by Gasteiger charge is 2.20. The van der Waals surface area contributed by atoms with Crippen molar-refractivity contribution in [2.24, 2.45) is 0 Å². The van der Waals surface area contributed by atoms with Crippen LogP contribution in [0.3, 0.4) is 0 Å². The van der Waals surface area contributed by atoms with Crippen LogP contribution in [0, 0.1) is 0 Å². The SMILES string of the molecule is CCCCCCCC/C=C\CCCCCCCC(=O)OCCCCCCCCCCCCCCCCCCCCCCCCCCCCCCCCCCCCCCCCCC(=O)NC(CO)C(O)CCCCCCCCCCCCCCC. The molecule has 0 aliphatic rings. The zero-order chi connectivity index (χ0) is 60.6. The predicted molar refractivity (Wildman–Crippen MR) is 370 cm³/mol. The van der Waals surface area contributed by atoms with Crippen molar-refractivity contribution < 1.29 is 24.5 Å². The average molecular weight is 1190 g/mol. The minimum atomic E-state index is -0.658. The minimum absolute atomic E-state index is 0.0170. The molecule has 0 aromatic heterocycles. The number of nitrogens with one attached hydrogen (secondary N) is 1. The summed E-state index contributed by atoms with van der Waals surface area (Å²) in [6, 6.07) is -0.535. The van der Waals surface area contributed by atoms with Gasteiger partial charge in [-0.05, 0) is 51.4 Å². The van der Waals surface area contributed by atoms with Gasteiger partial charge >= 0.3 is 5.97 Å². The molecule has 0 saturated carbocycles. The summed E-state index contributed by atoms with van der Waals surface area (Å²) in [6.45, 7) is 4.99. The maximum Gasteiger partial charge on any atom is 0.305 e. The van der Waals surface area contributed by atoms with Crippen LogP contribution in [0.1, 0.15) is 450 Å². The summed E-state index contributed by atoms with van der Waals surface area (Å²) in [7, 11) is 0. The van der Waals surface area contributed by atoms with Gasteiger partial charge in [0.2, 0.25) is 5.91 Å². The lowest BCUT2D eigenvalue weighted by atomic mass is 10.0. The molecule has 0 aliphatic carbocycles. The first-order valence-electron chi connectivity index (χ1n) is 38.9. The molecule has 0 aliphatic heterocycles. The fourth-order valence-electron chi connectivity index (χ4n) is 12.6. The number of amides is 1. The Labute approximate surface area is 527 Å². The Hall–Kier alpha value is -1.40. The summed E-state index contributed by atoms with van der Waals surface area (Å²) in [5.41, 5.74) is 0. The quantitative estimate of drug-likeness (QED) is 0.0320. The van der Waals surface area contributed by atoms with Gasteiger partial charge in [0.05, 0.1) is 25.4 Å². The Kier molecular flexibility index (Phi) is 72.8. The van der Waals surface area contributed by atoms with Gasteiger partial charge in [0.25, 0.3) is 0 Å². The van der Waals surface area contributed by atoms with E-state index in [9.17, 15) is 19.8 Å². The molecular formula is C78H153NO5. The summed E-state index contributed by atoms with van der Waals surface area (Å²) >= 11 is 0. The van der Waals surface area contributed by atoms with E-state index < -0.39 is 12.1 Å². The summed E-state index contributed by atoms with van der Waals surface area (Å²) < 4.78 is 5.50. The second kappa shape index (κ2) is 74.1. The number of ether oxygens (including phenoxy) is 1. The van der Waals surface area contributed by atoms with Gasteiger partial charge in [-0.25, -0.2) is 0 Å². The lowest BCUT2D eigenvalue weighted by Crippen LogP contribution is -2.45. The minimum Gasteiger partial charge on any atom is -0.466 e. The van der Waals surface area contributed by atoms with Crippen molar-refractivity contribution in [3.05, 3.63) is 12.2 Å². The van der Waals surface area contributed by atoms with Gasteiger partial charge in [0, 0.05) is 12.8 Å². The maximum atomic E-state index is 12.5. The summed E-state index contributed by atoms with van der Waals surface area (Å²) in [4.78, 5) is 24.6. The van der Waals surface area contributed by atoms with Gasteiger partial charge in [-0.15, -0.1) is 0 Å². The molecule has 2 atom stereocenters. The predicted octanol–water partition coefficient (Wildman–Crippen LogP) is 25.5. The van der Waals surface area contributed by atoms with Crippen LogP contribution in [-0.4, -0.2) is 47.4 Å². The molecule has 84 heavy (non-hydrogen) atoms. The molecule has 0 heterocycles. The normalized spacial score (nSPS) is 12.5. The zero-order valence-corrected chi connectivity index (χ0v) is 57.4. The second-order valence-electron chi connectivity index (χ2n) is 27.0. The van der Waals surface area contributed by atoms with Crippen LogP contribution in [0.5, 0.6) is 0 Å². The van der Waals surface area contributed by atoms with E-state index in [1.807, 2.05) is 0 Å². The third-order valence-corrected chi connectivity index (χ3v) is 18.6. The Morgan fingerprint density at radius 2 is 0.560 bits per heavy atom. The molecule has 0 radical (unpaired) electrons. The van der Waals surface area contributed by atoms with Crippen LogP contribution in [-0.2, 0) is 14.3 Å². The molecule has 3 N–H and O–H groups in total. The fourth-order valence-corrected chi connectivity index (χ4v) is 12.6. The van der Waals surface area contributed by atoms with Crippen LogP contribution < -0.4 is 5.32 Å². The maximum absolute atomic E-state index is 12.5. The number of aliphatic hydroxyl groups is 2. The van der Waals surface area contributed by atoms with E-state index in [1.165, 1.54) is 372 Å². The van der Waals surface area contributed by atoms with Crippen molar-refractivity contribution in [1.29, 1.82) is 0 Å². The summed E-state index contributed by atoms with van der Waals surface area (Å²) in [5.74, 6) is -0.00890. The van der Waals surface area contributed by atoms with E-state index in [2.05, 4.69) is 31.3 Å². The molecule has 0 aromatic rings. The number of allylic oxidation sites excluding steroid dienone is 2. The first-order valence-corrected chi connectivity index (χ1v) is 38.9. The van der Waals surface area contributed by atoms with E-state index >= 15 is 0 Å². The Morgan fingerprint density at radius 3 is 0.845 bits per heavy atom. The van der Waals surface area contributed by atoms with Gasteiger partial charge in [-0.2, -0.15) is 0 Å². The Balaban J connectivity index is 3.27. The third-order valence-electron chi connectivity index (χ3n) is 18.6. The molecule has 0 saturated heterocycles. The van der Waals surface area contributed by atoms with Crippen molar-refractivity contribution in [3.8, 4) is 0 Å². The zero-order valence-electron chi connectivity index (χ0n) is 57.4. The van der Waals surface area contributed by atoms with E-state index in [4.69, 9.17) is 4.74 Å².